The fraction of sp³-hybridized carbons (Fsp3) is 0.150. The second-order valence-electron chi connectivity index (χ2n) is 6.75. The van der Waals surface area contributed by atoms with Gasteiger partial charge in [0.05, 0.1) is 16.4 Å². The quantitative estimate of drug-likeness (QED) is 0.385. The number of nitrogens with zero attached hydrogens (tertiary/aromatic N) is 2. The third kappa shape index (κ3) is 4.87. The minimum absolute atomic E-state index is 0.0259. The molecule has 0 spiro atoms. The van der Waals surface area contributed by atoms with Crippen molar-refractivity contribution in [2.75, 3.05) is 5.01 Å². The van der Waals surface area contributed by atoms with Crippen LogP contribution in [0.1, 0.15) is 17.5 Å². The molecule has 0 radical (unpaired) electrons. The number of alkyl halides is 3. The molecule has 1 aliphatic rings. The standard InChI is InChI=1S/C20H13Cl3F3N3O4/c1-2-17(30)27-29(18(31)32)16-5-10(3-4-14(16)23)15-9-19(33-28-15,20(24,25)26)11-6-12(21)8-13(22)7-11/h2-8H,1,9H2,(H,27,30)(H,31,32). The van der Waals surface area contributed by atoms with Gasteiger partial charge in [0.1, 0.15) is 0 Å². The van der Waals surface area contributed by atoms with Gasteiger partial charge in [-0.15, -0.1) is 0 Å². The van der Waals surface area contributed by atoms with Gasteiger partial charge in [-0.2, -0.15) is 18.2 Å². The van der Waals surface area contributed by atoms with E-state index in [2.05, 4.69) is 11.7 Å². The van der Waals surface area contributed by atoms with Gasteiger partial charge in [0, 0.05) is 27.6 Å². The average molecular weight is 523 g/mol. The van der Waals surface area contributed by atoms with Crippen LogP contribution in [0.15, 0.2) is 54.2 Å². The number of oxime groups is 1. The molecule has 2 aromatic carbocycles. The molecular formula is C20H13Cl3F3N3O4. The maximum atomic E-state index is 14.2. The molecule has 1 unspecified atom stereocenters. The van der Waals surface area contributed by atoms with Crippen LogP contribution < -0.4 is 10.4 Å². The molecular weight excluding hydrogens is 510 g/mol. The van der Waals surface area contributed by atoms with Gasteiger partial charge in [0.25, 0.3) is 11.5 Å². The predicted octanol–water partition coefficient (Wildman–Crippen LogP) is 5.93. The summed E-state index contributed by atoms with van der Waals surface area (Å²) in [5, 5.41) is 13.3. The Labute approximate surface area is 199 Å². The molecule has 0 bridgehead atoms. The van der Waals surface area contributed by atoms with Crippen molar-refractivity contribution in [2.24, 2.45) is 5.16 Å². The normalized spacial score (nSPS) is 17.7. The molecule has 1 heterocycles. The molecule has 1 atom stereocenters. The zero-order valence-corrected chi connectivity index (χ0v) is 18.6. The fourth-order valence-corrected chi connectivity index (χ4v) is 3.80. The molecule has 7 nitrogen and oxygen atoms in total. The van der Waals surface area contributed by atoms with Gasteiger partial charge in [-0.05, 0) is 36.4 Å². The van der Waals surface area contributed by atoms with E-state index in [4.69, 9.17) is 39.6 Å². The van der Waals surface area contributed by atoms with E-state index in [0.717, 1.165) is 24.3 Å². The van der Waals surface area contributed by atoms with Gasteiger partial charge in [0.2, 0.25) is 0 Å². The maximum Gasteiger partial charge on any atom is 0.435 e. The highest BCUT2D eigenvalue weighted by atomic mass is 35.5. The van der Waals surface area contributed by atoms with Crippen LogP contribution in [0.5, 0.6) is 0 Å². The van der Waals surface area contributed by atoms with Crippen molar-refractivity contribution in [1.82, 2.24) is 5.43 Å². The zero-order valence-electron chi connectivity index (χ0n) is 16.3. The molecule has 0 saturated heterocycles. The molecule has 0 aromatic heterocycles. The van der Waals surface area contributed by atoms with Crippen molar-refractivity contribution >= 4 is 58.2 Å². The molecule has 0 fully saturated rings. The van der Waals surface area contributed by atoms with Crippen LogP contribution in [0.25, 0.3) is 0 Å². The summed E-state index contributed by atoms with van der Waals surface area (Å²) < 4.78 is 42.5. The lowest BCUT2D eigenvalue weighted by Gasteiger charge is -2.29. The lowest BCUT2D eigenvalue weighted by Crippen LogP contribution is -2.45. The highest BCUT2D eigenvalue weighted by Crippen LogP contribution is 2.50. The van der Waals surface area contributed by atoms with Crippen molar-refractivity contribution in [3.8, 4) is 0 Å². The summed E-state index contributed by atoms with van der Waals surface area (Å²) in [5.74, 6) is -0.852. The second kappa shape index (κ2) is 9.12. The van der Waals surface area contributed by atoms with Crippen LogP contribution in [0.4, 0.5) is 23.7 Å². The Bertz CT molecular complexity index is 1150. The van der Waals surface area contributed by atoms with E-state index in [1.54, 1.807) is 0 Å². The van der Waals surface area contributed by atoms with E-state index in [9.17, 15) is 27.9 Å². The predicted molar refractivity (Wildman–Crippen MR) is 117 cm³/mol. The van der Waals surface area contributed by atoms with E-state index in [1.165, 1.54) is 18.2 Å². The number of carboxylic acid groups (broad SMARTS) is 1. The number of carbonyl (C=O) groups excluding carboxylic acids is 1. The average Bonchev–Trinajstić information content (AvgIpc) is 3.18. The van der Waals surface area contributed by atoms with Gasteiger partial charge < -0.3 is 9.94 Å². The molecule has 174 valence electrons. The van der Waals surface area contributed by atoms with Gasteiger partial charge in [-0.1, -0.05) is 52.6 Å². The number of anilines is 1. The Morgan fingerprint density at radius 1 is 1.18 bits per heavy atom. The zero-order chi connectivity index (χ0) is 24.6. The first kappa shape index (κ1) is 24.7. The van der Waals surface area contributed by atoms with Crippen LogP contribution in [-0.2, 0) is 15.2 Å². The molecule has 0 saturated carbocycles. The molecule has 0 aliphatic carbocycles. The number of hydrogen-bond acceptors (Lipinski definition) is 4. The summed E-state index contributed by atoms with van der Waals surface area (Å²) in [4.78, 5) is 28.1. The lowest BCUT2D eigenvalue weighted by atomic mass is 9.86. The van der Waals surface area contributed by atoms with Crippen LogP contribution in [0.3, 0.4) is 0 Å². The van der Waals surface area contributed by atoms with Gasteiger partial charge in [0.15, 0.2) is 0 Å². The van der Waals surface area contributed by atoms with E-state index in [1.807, 2.05) is 5.43 Å². The third-order valence-electron chi connectivity index (χ3n) is 4.63. The van der Waals surface area contributed by atoms with Gasteiger partial charge >= 0.3 is 12.3 Å². The summed E-state index contributed by atoms with van der Waals surface area (Å²) in [6.07, 6.45) is -6.45. The van der Waals surface area contributed by atoms with Crippen LogP contribution in [-0.4, -0.2) is 29.0 Å². The van der Waals surface area contributed by atoms with E-state index in [-0.39, 0.29) is 37.6 Å². The van der Waals surface area contributed by atoms with Crippen LogP contribution in [0.2, 0.25) is 15.1 Å². The molecule has 3 rings (SSSR count). The van der Waals surface area contributed by atoms with Crippen LogP contribution >= 0.6 is 34.8 Å². The Kier molecular flexibility index (Phi) is 6.83. The van der Waals surface area contributed by atoms with Gasteiger partial charge in [-0.25, -0.2) is 4.79 Å². The fourth-order valence-electron chi connectivity index (χ4n) is 3.08. The van der Waals surface area contributed by atoms with E-state index >= 15 is 0 Å². The molecule has 13 heteroatoms. The van der Waals surface area contributed by atoms with Gasteiger partial charge in [-0.3, -0.25) is 10.2 Å². The first-order valence-electron chi connectivity index (χ1n) is 8.92. The summed E-state index contributed by atoms with van der Waals surface area (Å²) in [6, 6.07) is 7.15. The number of hydrazine groups is 1. The van der Waals surface area contributed by atoms with Crippen molar-refractivity contribution in [1.29, 1.82) is 0 Å². The second-order valence-corrected chi connectivity index (χ2v) is 8.03. The van der Waals surface area contributed by atoms with Crippen molar-refractivity contribution < 1.29 is 32.7 Å². The summed E-state index contributed by atoms with van der Waals surface area (Å²) in [5.41, 5.74) is -1.50. The van der Waals surface area contributed by atoms with E-state index < -0.39 is 30.2 Å². The number of hydrogen-bond donors (Lipinski definition) is 2. The lowest BCUT2D eigenvalue weighted by molar-refractivity contribution is -0.275. The molecule has 33 heavy (non-hydrogen) atoms. The number of halogens is 6. The minimum Gasteiger partial charge on any atom is -0.463 e. The topological polar surface area (TPSA) is 91.2 Å². The highest BCUT2D eigenvalue weighted by Gasteiger charge is 2.62. The molecule has 1 aliphatic heterocycles. The first-order chi connectivity index (χ1) is 15.4. The van der Waals surface area contributed by atoms with Crippen LogP contribution in [0, 0.1) is 0 Å². The summed E-state index contributed by atoms with van der Waals surface area (Å²) in [7, 11) is 0. The number of amides is 2. The Balaban J connectivity index is 2.03. The van der Waals surface area contributed by atoms with Crippen molar-refractivity contribution in [3.63, 3.8) is 0 Å². The number of benzene rings is 2. The van der Waals surface area contributed by atoms with Crippen molar-refractivity contribution in [2.45, 2.75) is 18.2 Å². The highest BCUT2D eigenvalue weighted by molar-refractivity contribution is 6.35. The smallest absolute Gasteiger partial charge is 0.435 e. The molecule has 2 amide bonds. The summed E-state index contributed by atoms with van der Waals surface area (Å²) in [6.45, 7) is 3.22. The number of nitrogens with one attached hydrogen (secondary N) is 1. The monoisotopic (exact) mass is 521 g/mol. The van der Waals surface area contributed by atoms with Crippen molar-refractivity contribution in [3.05, 3.63) is 75.2 Å². The number of carbonyl (C=O) groups is 2. The first-order valence-corrected chi connectivity index (χ1v) is 10.1. The molecule has 2 N–H and O–H groups in total. The minimum atomic E-state index is -4.91. The van der Waals surface area contributed by atoms with E-state index in [0.29, 0.717) is 5.01 Å². The Hall–Kier alpha value is -2.95. The molecule has 2 aromatic rings. The Morgan fingerprint density at radius 3 is 2.36 bits per heavy atom. The number of rotatable bonds is 4. The largest absolute Gasteiger partial charge is 0.463 e. The third-order valence-corrected chi connectivity index (χ3v) is 5.39. The Morgan fingerprint density at radius 2 is 1.82 bits per heavy atom. The SMILES string of the molecule is C=CC(=O)NN(C(=O)O)c1cc(C2=NOC(c3cc(Cl)cc(Cl)c3)(C(F)(F)F)C2)ccc1Cl. The maximum absolute atomic E-state index is 14.2. The summed E-state index contributed by atoms with van der Waals surface area (Å²) >= 11 is 17.8.